The molecule has 1 aromatic carbocycles. The second-order valence-corrected chi connectivity index (χ2v) is 4.81. The van der Waals surface area contributed by atoms with E-state index in [-0.39, 0.29) is 12.2 Å². The van der Waals surface area contributed by atoms with Crippen LogP contribution in [0.1, 0.15) is 5.76 Å². The highest BCUT2D eigenvalue weighted by molar-refractivity contribution is 6.40. The maximum atomic E-state index is 11.9. The molecule has 0 aliphatic rings. The van der Waals surface area contributed by atoms with Crippen LogP contribution in [0.3, 0.4) is 0 Å². The van der Waals surface area contributed by atoms with E-state index in [1.165, 1.54) is 32.6 Å². The van der Waals surface area contributed by atoms with Gasteiger partial charge in [0.2, 0.25) is 0 Å². The second kappa shape index (κ2) is 7.55. The third-order valence-corrected chi connectivity index (χ3v) is 3.23. The molecule has 0 saturated heterocycles. The number of carbonyl (C=O) groups is 2. The molecule has 0 fully saturated rings. The molecule has 0 bridgehead atoms. The molecule has 2 amide bonds. The largest absolute Gasteiger partial charge is 0.495 e. The highest BCUT2D eigenvalue weighted by Gasteiger charge is 2.18. The van der Waals surface area contributed by atoms with Gasteiger partial charge in [0.05, 0.1) is 37.7 Å². The summed E-state index contributed by atoms with van der Waals surface area (Å²) >= 11 is 5.98. The number of nitrogens with one attached hydrogen (secondary N) is 2. The number of furan rings is 1. The first-order valence-corrected chi connectivity index (χ1v) is 6.96. The summed E-state index contributed by atoms with van der Waals surface area (Å²) in [5, 5.41) is 5.21. The van der Waals surface area contributed by atoms with Gasteiger partial charge in [-0.2, -0.15) is 0 Å². The first-order valence-electron chi connectivity index (χ1n) is 6.58. The zero-order valence-electron chi connectivity index (χ0n) is 12.5. The Morgan fingerprint density at radius 2 is 1.91 bits per heavy atom. The molecule has 0 atom stereocenters. The van der Waals surface area contributed by atoms with Crippen molar-refractivity contribution in [2.45, 2.75) is 6.54 Å². The number of rotatable bonds is 5. The fourth-order valence-corrected chi connectivity index (χ4v) is 2.03. The summed E-state index contributed by atoms with van der Waals surface area (Å²) in [7, 11) is 2.86. The average Bonchev–Trinajstić information content (AvgIpc) is 3.07. The van der Waals surface area contributed by atoms with Gasteiger partial charge in [0.15, 0.2) is 0 Å². The molecule has 122 valence electrons. The lowest BCUT2D eigenvalue weighted by atomic mass is 10.2. The van der Waals surface area contributed by atoms with E-state index >= 15 is 0 Å². The van der Waals surface area contributed by atoms with Crippen LogP contribution < -0.4 is 20.1 Å². The Morgan fingerprint density at radius 3 is 2.52 bits per heavy atom. The molecule has 0 saturated carbocycles. The molecule has 8 heteroatoms. The number of benzene rings is 1. The van der Waals surface area contributed by atoms with Gasteiger partial charge in [-0.3, -0.25) is 9.59 Å². The zero-order valence-corrected chi connectivity index (χ0v) is 13.3. The summed E-state index contributed by atoms with van der Waals surface area (Å²) in [5.74, 6) is -0.463. The third kappa shape index (κ3) is 4.17. The van der Waals surface area contributed by atoms with Crippen LogP contribution in [0.4, 0.5) is 5.69 Å². The molecule has 0 aliphatic carbocycles. The van der Waals surface area contributed by atoms with E-state index < -0.39 is 11.8 Å². The smallest absolute Gasteiger partial charge is 0.313 e. The number of hydrogen-bond donors (Lipinski definition) is 2. The highest BCUT2D eigenvalue weighted by Crippen LogP contribution is 2.35. The Bertz CT molecular complexity index is 700. The van der Waals surface area contributed by atoms with Crippen LogP contribution in [-0.2, 0) is 16.1 Å². The Kier molecular flexibility index (Phi) is 5.48. The first kappa shape index (κ1) is 16.7. The van der Waals surface area contributed by atoms with Gasteiger partial charge in [-0.05, 0) is 12.1 Å². The molecule has 2 aromatic rings. The number of carbonyl (C=O) groups excluding carboxylic acids is 2. The molecular formula is C15H15ClN2O5. The first-order chi connectivity index (χ1) is 11.0. The Morgan fingerprint density at radius 1 is 1.17 bits per heavy atom. The molecule has 1 aromatic heterocycles. The number of halogens is 1. The van der Waals surface area contributed by atoms with Crippen LogP contribution in [0.2, 0.25) is 5.02 Å². The second-order valence-electron chi connectivity index (χ2n) is 4.40. The van der Waals surface area contributed by atoms with E-state index in [2.05, 4.69) is 10.6 Å². The predicted molar refractivity (Wildman–Crippen MR) is 83.7 cm³/mol. The molecule has 23 heavy (non-hydrogen) atoms. The summed E-state index contributed by atoms with van der Waals surface area (Å²) in [5.41, 5.74) is 0.270. The van der Waals surface area contributed by atoms with Crippen molar-refractivity contribution in [1.82, 2.24) is 5.32 Å². The molecule has 0 aliphatic heterocycles. The van der Waals surface area contributed by atoms with Crippen molar-refractivity contribution in [3.05, 3.63) is 41.3 Å². The average molecular weight is 339 g/mol. The summed E-state index contributed by atoms with van der Waals surface area (Å²) in [6.45, 7) is 0.111. The molecule has 0 radical (unpaired) electrons. The van der Waals surface area contributed by atoms with Crippen LogP contribution in [0, 0.1) is 0 Å². The molecular weight excluding hydrogens is 324 g/mol. The van der Waals surface area contributed by atoms with Crippen molar-refractivity contribution in [3.63, 3.8) is 0 Å². The molecule has 0 spiro atoms. The lowest BCUT2D eigenvalue weighted by Gasteiger charge is -2.13. The Hall–Kier alpha value is -2.67. The maximum Gasteiger partial charge on any atom is 0.313 e. The number of amides is 2. The van der Waals surface area contributed by atoms with E-state index in [1.807, 2.05) is 0 Å². The quantitative estimate of drug-likeness (QED) is 0.816. The molecule has 2 N–H and O–H groups in total. The fourth-order valence-electron chi connectivity index (χ4n) is 1.80. The van der Waals surface area contributed by atoms with Crippen LogP contribution in [0.5, 0.6) is 11.5 Å². The lowest BCUT2D eigenvalue weighted by molar-refractivity contribution is -0.136. The zero-order chi connectivity index (χ0) is 16.8. The number of methoxy groups -OCH3 is 2. The van der Waals surface area contributed by atoms with Gasteiger partial charge in [-0.1, -0.05) is 11.6 Å². The summed E-state index contributed by atoms with van der Waals surface area (Å²) in [4.78, 5) is 23.7. The third-order valence-electron chi connectivity index (χ3n) is 2.93. The van der Waals surface area contributed by atoms with Gasteiger partial charge in [0, 0.05) is 12.1 Å². The monoisotopic (exact) mass is 338 g/mol. The van der Waals surface area contributed by atoms with Crippen molar-refractivity contribution < 1.29 is 23.5 Å². The van der Waals surface area contributed by atoms with Gasteiger partial charge in [-0.15, -0.1) is 0 Å². The van der Waals surface area contributed by atoms with Gasteiger partial charge in [-0.25, -0.2) is 0 Å². The van der Waals surface area contributed by atoms with Crippen LogP contribution in [0.25, 0.3) is 0 Å². The van der Waals surface area contributed by atoms with Crippen molar-refractivity contribution in [1.29, 1.82) is 0 Å². The summed E-state index contributed by atoms with van der Waals surface area (Å²) in [6.07, 6.45) is 1.48. The minimum absolute atomic E-state index is 0.111. The number of anilines is 1. The normalized spacial score (nSPS) is 10.0. The lowest BCUT2D eigenvalue weighted by Crippen LogP contribution is -2.34. The Balaban J connectivity index is 2.05. The summed E-state index contributed by atoms with van der Waals surface area (Å²) in [6, 6.07) is 6.33. The molecule has 2 rings (SSSR count). The van der Waals surface area contributed by atoms with E-state index in [0.29, 0.717) is 22.3 Å². The topological polar surface area (TPSA) is 89.8 Å². The predicted octanol–water partition coefficient (Wildman–Crippen LogP) is 2.21. The van der Waals surface area contributed by atoms with Crippen LogP contribution in [-0.4, -0.2) is 26.0 Å². The molecule has 7 nitrogen and oxygen atoms in total. The number of ether oxygens (including phenoxy) is 2. The number of hydrogen-bond acceptors (Lipinski definition) is 5. The van der Waals surface area contributed by atoms with Crippen molar-refractivity contribution in [2.75, 3.05) is 19.5 Å². The van der Waals surface area contributed by atoms with E-state index in [9.17, 15) is 9.59 Å². The van der Waals surface area contributed by atoms with Gasteiger partial charge < -0.3 is 24.5 Å². The van der Waals surface area contributed by atoms with Gasteiger partial charge in [0.25, 0.3) is 0 Å². The van der Waals surface area contributed by atoms with Crippen molar-refractivity contribution in [3.8, 4) is 11.5 Å². The van der Waals surface area contributed by atoms with E-state index in [0.717, 1.165) is 0 Å². The standard InChI is InChI=1S/C15H15ClN2O5/c1-21-12-7-11(13(22-2)6-10(12)16)18-15(20)14(19)17-8-9-4-3-5-23-9/h3-7H,8H2,1-2H3,(H,17,19)(H,18,20). The van der Waals surface area contributed by atoms with Gasteiger partial charge in [0.1, 0.15) is 17.3 Å². The van der Waals surface area contributed by atoms with Crippen LogP contribution >= 0.6 is 11.6 Å². The maximum absolute atomic E-state index is 11.9. The molecule has 1 heterocycles. The minimum atomic E-state index is -0.848. The van der Waals surface area contributed by atoms with Crippen molar-refractivity contribution in [2.24, 2.45) is 0 Å². The minimum Gasteiger partial charge on any atom is -0.495 e. The molecule has 0 unspecified atom stereocenters. The van der Waals surface area contributed by atoms with Gasteiger partial charge >= 0.3 is 11.8 Å². The van der Waals surface area contributed by atoms with E-state index in [4.69, 9.17) is 25.5 Å². The van der Waals surface area contributed by atoms with Crippen LogP contribution in [0.15, 0.2) is 34.9 Å². The van der Waals surface area contributed by atoms with E-state index in [1.54, 1.807) is 12.1 Å². The summed E-state index contributed by atoms with van der Waals surface area (Å²) < 4.78 is 15.3. The van der Waals surface area contributed by atoms with Crippen molar-refractivity contribution >= 4 is 29.1 Å². The SMILES string of the molecule is COc1cc(NC(=O)C(=O)NCc2ccco2)c(OC)cc1Cl. The highest BCUT2D eigenvalue weighted by atomic mass is 35.5. The Labute approximate surface area is 137 Å². The fraction of sp³-hybridized carbons (Fsp3) is 0.200.